The van der Waals surface area contributed by atoms with Gasteiger partial charge in [0, 0.05) is 10.9 Å². The number of hydrogen-bond donors (Lipinski definition) is 0. The summed E-state index contributed by atoms with van der Waals surface area (Å²) < 4.78 is 0. The topological polar surface area (TPSA) is 17.1 Å². The predicted molar refractivity (Wildman–Crippen MR) is 65.1 cm³/mol. The summed E-state index contributed by atoms with van der Waals surface area (Å²) in [7, 11) is 0. The van der Waals surface area contributed by atoms with Gasteiger partial charge in [-0.05, 0) is 30.2 Å². The summed E-state index contributed by atoms with van der Waals surface area (Å²) in [5.41, 5.74) is 2.00. The second kappa shape index (κ2) is 5.13. The highest BCUT2D eigenvalue weighted by atomic mass is 35.5. The maximum absolute atomic E-state index is 11.3. The van der Waals surface area contributed by atoms with Crippen LogP contribution in [0.25, 0.3) is 6.08 Å². The van der Waals surface area contributed by atoms with Gasteiger partial charge in [0.1, 0.15) is 0 Å². The zero-order chi connectivity index (χ0) is 11.4. The smallest absolute Gasteiger partial charge is 0.158 e. The normalized spacial score (nSPS) is 11.3. The molecular formula is C13H15ClO. The van der Waals surface area contributed by atoms with Gasteiger partial charge in [0.25, 0.3) is 0 Å². The number of hydrogen-bond acceptors (Lipinski definition) is 1. The highest BCUT2D eigenvalue weighted by Gasteiger charge is 2.01. The van der Waals surface area contributed by atoms with Crippen molar-refractivity contribution in [1.82, 2.24) is 0 Å². The minimum atomic E-state index is 0.0437. The molecule has 0 heterocycles. The van der Waals surface area contributed by atoms with Gasteiger partial charge >= 0.3 is 0 Å². The molecule has 0 fully saturated rings. The summed E-state index contributed by atoms with van der Waals surface area (Å²) in [6, 6.07) is 5.76. The van der Waals surface area contributed by atoms with Crippen molar-refractivity contribution in [2.75, 3.05) is 0 Å². The lowest BCUT2D eigenvalue weighted by molar-refractivity contribution is -0.117. The van der Waals surface area contributed by atoms with Gasteiger partial charge < -0.3 is 0 Å². The Morgan fingerprint density at radius 3 is 2.60 bits per heavy atom. The molecule has 0 N–H and O–H groups in total. The van der Waals surface area contributed by atoms with Crippen LogP contribution in [-0.4, -0.2) is 5.78 Å². The molecule has 1 rings (SSSR count). The Kier molecular flexibility index (Phi) is 4.10. The number of aryl methyl sites for hydroxylation is 1. The lowest BCUT2D eigenvalue weighted by atomic mass is 10.1. The molecule has 15 heavy (non-hydrogen) atoms. The van der Waals surface area contributed by atoms with Crippen LogP contribution < -0.4 is 0 Å². The van der Waals surface area contributed by atoms with Crippen LogP contribution in [0, 0.1) is 12.8 Å². The van der Waals surface area contributed by atoms with Crippen LogP contribution in [-0.2, 0) is 4.79 Å². The Balaban J connectivity index is 2.81. The summed E-state index contributed by atoms with van der Waals surface area (Å²) in [5, 5.41) is 0.731. The van der Waals surface area contributed by atoms with E-state index < -0.39 is 0 Å². The van der Waals surface area contributed by atoms with Crippen LogP contribution in [0.2, 0.25) is 5.02 Å². The summed E-state index contributed by atoms with van der Waals surface area (Å²) in [6.07, 6.45) is 3.40. The van der Waals surface area contributed by atoms with Gasteiger partial charge in [-0.25, -0.2) is 0 Å². The minimum Gasteiger partial charge on any atom is -0.295 e. The van der Waals surface area contributed by atoms with Gasteiger partial charge in [-0.1, -0.05) is 43.7 Å². The van der Waals surface area contributed by atoms with Crippen LogP contribution in [0.4, 0.5) is 0 Å². The first-order chi connectivity index (χ1) is 7.00. The summed E-state index contributed by atoms with van der Waals surface area (Å²) in [5.74, 6) is 0.175. The fourth-order valence-corrected chi connectivity index (χ4v) is 1.27. The van der Waals surface area contributed by atoms with Gasteiger partial charge in [0.05, 0.1) is 0 Å². The van der Waals surface area contributed by atoms with E-state index in [1.807, 2.05) is 39.0 Å². The third-order valence-electron chi connectivity index (χ3n) is 2.20. The molecule has 0 aliphatic rings. The molecular weight excluding hydrogens is 208 g/mol. The van der Waals surface area contributed by atoms with Crippen LogP contribution in [0.15, 0.2) is 24.3 Å². The average molecular weight is 223 g/mol. The van der Waals surface area contributed by atoms with Crippen molar-refractivity contribution >= 4 is 23.5 Å². The fraction of sp³-hybridized carbons (Fsp3) is 0.308. The number of carbonyl (C=O) groups excluding carboxylic acids is 1. The van der Waals surface area contributed by atoms with E-state index in [0.29, 0.717) is 0 Å². The molecule has 0 spiro atoms. The van der Waals surface area contributed by atoms with Crippen molar-refractivity contribution in [3.63, 3.8) is 0 Å². The Hall–Kier alpha value is -1.08. The third kappa shape index (κ3) is 3.52. The molecule has 0 saturated carbocycles. The first kappa shape index (κ1) is 12.0. The standard InChI is InChI=1S/C13H15ClO/c1-9(2)13(15)7-6-11-5-4-10(3)12(14)8-11/h4-9H,1-3H3/b7-6+. The zero-order valence-corrected chi connectivity index (χ0v) is 10.0. The van der Waals surface area contributed by atoms with Gasteiger partial charge in [-0.15, -0.1) is 0 Å². The molecule has 0 aromatic heterocycles. The number of rotatable bonds is 3. The first-order valence-corrected chi connectivity index (χ1v) is 5.36. The van der Waals surface area contributed by atoms with E-state index in [4.69, 9.17) is 11.6 Å². The number of ketones is 1. The SMILES string of the molecule is Cc1ccc(/C=C/C(=O)C(C)C)cc1Cl. The maximum atomic E-state index is 11.3. The lowest BCUT2D eigenvalue weighted by Gasteiger charge is -2.00. The highest BCUT2D eigenvalue weighted by Crippen LogP contribution is 2.17. The van der Waals surface area contributed by atoms with Gasteiger partial charge in [0.15, 0.2) is 5.78 Å². The molecule has 80 valence electrons. The quantitative estimate of drug-likeness (QED) is 0.710. The van der Waals surface area contributed by atoms with Crippen molar-refractivity contribution in [3.05, 3.63) is 40.4 Å². The van der Waals surface area contributed by atoms with E-state index in [0.717, 1.165) is 16.1 Å². The third-order valence-corrected chi connectivity index (χ3v) is 2.61. The summed E-state index contributed by atoms with van der Waals surface area (Å²) >= 11 is 5.97. The Labute approximate surface area is 95.8 Å². The molecule has 1 aromatic rings. The van der Waals surface area contributed by atoms with E-state index in [2.05, 4.69) is 0 Å². The van der Waals surface area contributed by atoms with Crippen LogP contribution in [0.3, 0.4) is 0 Å². The zero-order valence-electron chi connectivity index (χ0n) is 9.25. The van der Waals surface area contributed by atoms with E-state index >= 15 is 0 Å². The average Bonchev–Trinajstić information content (AvgIpc) is 2.19. The second-order valence-electron chi connectivity index (χ2n) is 3.90. The Morgan fingerprint density at radius 2 is 2.07 bits per heavy atom. The number of halogens is 1. The van der Waals surface area contributed by atoms with Crippen molar-refractivity contribution < 1.29 is 4.79 Å². The molecule has 1 aromatic carbocycles. The molecule has 0 aliphatic carbocycles. The fourth-order valence-electron chi connectivity index (χ4n) is 1.08. The first-order valence-electron chi connectivity index (χ1n) is 4.99. The van der Waals surface area contributed by atoms with Crippen LogP contribution >= 0.6 is 11.6 Å². The van der Waals surface area contributed by atoms with E-state index in [1.54, 1.807) is 12.2 Å². The highest BCUT2D eigenvalue weighted by molar-refractivity contribution is 6.31. The lowest BCUT2D eigenvalue weighted by Crippen LogP contribution is -2.01. The van der Waals surface area contributed by atoms with Crippen molar-refractivity contribution in [2.24, 2.45) is 5.92 Å². The van der Waals surface area contributed by atoms with Crippen LogP contribution in [0.5, 0.6) is 0 Å². The Morgan fingerprint density at radius 1 is 1.40 bits per heavy atom. The van der Waals surface area contributed by atoms with Gasteiger partial charge in [-0.2, -0.15) is 0 Å². The molecule has 0 amide bonds. The maximum Gasteiger partial charge on any atom is 0.158 e. The second-order valence-corrected chi connectivity index (χ2v) is 4.31. The van der Waals surface area contributed by atoms with Crippen LogP contribution in [0.1, 0.15) is 25.0 Å². The number of carbonyl (C=O) groups is 1. The van der Waals surface area contributed by atoms with E-state index in [1.165, 1.54) is 0 Å². The van der Waals surface area contributed by atoms with Crippen molar-refractivity contribution in [1.29, 1.82) is 0 Å². The van der Waals surface area contributed by atoms with E-state index in [-0.39, 0.29) is 11.7 Å². The molecule has 0 aliphatic heterocycles. The molecule has 0 atom stereocenters. The predicted octanol–water partition coefficient (Wildman–Crippen LogP) is 3.89. The molecule has 0 saturated heterocycles. The molecule has 0 unspecified atom stereocenters. The number of benzene rings is 1. The summed E-state index contributed by atoms with van der Waals surface area (Å²) in [4.78, 5) is 11.3. The number of allylic oxidation sites excluding steroid dienone is 1. The summed E-state index contributed by atoms with van der Waals surface area (Å²) in [6.45, 7) is 5.72. The Bertz CT molecular complexity index is 392. The molecule has 2 heteroatoms. The van der Waals surface area contributed by atoms with E-state index in [9.17, 15) is 4.79 Å². The molecule has 1 nitrogen and oxygen atoms in total. The monoisotopic (exact) mass is 222 g/mol. The van der Waals surface area contributed by atoms with Crippen molar-refractivity contribution in [2.45, 2.75) is 20.8 Å². The van der Waals surface area contributed by atoms with Gasteiger partial charge in [0.2, 0.25) is 0 Å². The minimum absolute atomic E-state index is 0.0437. The molecule has 0 radical (unpaired) electrons. The molecule has 0 bridgehead atoms. The van der Waals surface area contributed by atoms with Crippen molar-refractivity contribution in [3.8, 4) is 0 Å². The largest absolute Gasteiger partial charge is 0.295 e. The van der Waals surface area contributed by atoms with Gasteiger partial charge in [-0.3, -0.25) is 4.79 Å².